The maximum atomic E-state index is 13.9. The third-order valence-electron chi connectivity index (χ3n) is 6.80. The number of fused-ring (bicyclic) bond motifs is 1. The van der Waals surface area contributed by atoms with Gasteiger partial charge in [0.2, 0.25) is 0 Å². The van der Waals surface area contributed by atoms with E-state index in [2.05, 4.69) is 24.8 Å². The molecular weight excluding hydrogens is 474 g/mol. The van der Waals surface area contributed by atoms with Gasteiger partial charge in [-0.25, -0.2) is 0 Å². The summed E-state index contributed by atoms with van der Waals surface area (Å²) in [5.41, 5.74) is 3.24. The van der Waals surface area contributed by atoms with Crippen molar-refractivity contribution in [2.75, 3.05) is 46.1 Å². The zero-order valence-electron chi connectivity index (χ0n) is 22.2. The van der Waals surface area contributed by atoms with Crippen molar-refractivity contribution in [1.29, 1.82) is 0 Å². The largest absolute Gasteiger partial charge is 0.493 e. The summed E-state index contributed by atoms with van der Waals surface area (Å²) in [6.45, 7) is 9.85. The lowest BCUT2D eigenvalue weighted by atomic mass is 9.89. The first-order valence-electron chi connectivity index (χ1n) is 13.4. The average molecular weight is 510 g/mol. The van der Waals surface area contributed by atoms with Crippen molar-refractivity contribution >= 4 is 16.6 Å². The van der Waals surface area contributed by atoms with E-state index in [1.807, 2.05) is 78.9 Å². The molecule has 0 amide bonds. The van der Waals surface area contributed by atoms with Crippen LogP contribution in [0.3, 0.4) is 0 Å². The van der Waals surface area contributed by atoms with Crippen LogP contribution in [0, 0.1) is 5.92 Å². The fourth-order valence-corrected chi connectivity index (χ4v) is 4.71. The number of ether oxygens (including phenoxy) is 3. The number of ketones is 1. The number of rotatable bonds is 10. The van der Waals surface area contributed by atoms with Crippen LogP contribution in [-0.2, 0) is 4.74 Å². The van der Waals surface area contributed by atoms with Gasteiger partial charge >= 0.3 is 0 Å². The highest BCUT2D eigenvalue weighted by Crippen LogP contribution is 2.33. The predicted octanol–water partition coefficient (Wildman–Crippen LogP) is 6.48. The summed E-state index contributed by atoms with van der Waals surface area (Å²) in [5.74, 6) is 2.06. The Bertz CT molecular complexity index is 1360. The van der Waals surface area contributed by atoms with Crippen LogP contribution in [-0.4, -0.2) is 56.7 Å². The maximum absolute atomic E-state index is 13.9. The Balaban J connectivity index is 1.37. The Morgan fingerprint density at radius 2 is 1.53 bits per heavy atom. The summed E-state index contributed by atoms with van der Waals surface area (Å²) < 4.78 is 17.2. The first-order chi connectivity index (χ1) is 18.6. The summed E-state index contributed by atoms with van der Waals surface area (Å²) in [4.78, 5) is 16.3. The van der Waals surface area contributed by atoms with Gasteiger partial charge in [-0.1, -0.05) is 62.4 Å². The highest BCUT2D eigenvalue weighted by Gasteiger charge is 2.19. The van der Waals surface area contributed by atoms with Crippen LogP contribution in [0.5, 0.6) is 11.5 Å². The molecule has 5 heteroatoms. The molecule has 1 aliphatic heterocycles. The first-order valence-corrected chi connectivity index (χ1v) is 13.4. The summed E-state index contributed by atoms with van der Waals surface area (Å²) in [6, 6.07) is 27.7. The minimum Gasteiger partial charge on any atom is -0.493 e. The topological polar surface area (TPSA) is 48.0 Å². The second-order valence-corrected chi connectivity index (χ2v) is 10.1. The van der Waals surface area contributed by atoms with E-state index in [0.717, 1.165) is 66.2 Å². The fourth-order valence-electron chi connectivity index (χ4n) is 4.71. The molecule has 4 aromatic rings. The number of hydrogen-bond acceptors (Lipinski definition) is 5. The van der Waals surface area contributed by atoms with Gasteiger partial charge in [0.1, 0.15) is 18.1 Å². The molecule has 0 aliphatic carbocycles. The third-order valence-corrected chi connectivity index (χ3v) is 6.80. The van der Waals surface area contributed by atoms with E-state index < -0.39 is 0 Å². The van der Waals surface area contributed by atoms with Gasteiger partial charge in [-0.3, -0.25) is 9.69 Å². The molecular formula is C33H35NO4. The number of benzene rings is 4. The molecule has 1 fully saturated rings. The van der Waals surface area contributed by atoms with Gasteiger partial charge < -0.3 is 14.2 Å². The van der Waals surface area contributed by atoms with E-state index in [-0.39, 0.29) is 5.78 Å². The monoisotopic (exact) mass is 509 g/mol. The van der Waals surface area contributed by atoms with Crippen molar-refractivity contribution in [3.63, 3.8) is 0 Å². The van der Waals surface area contributed by atoms with Gasteiger partial charge in [0, 0.05) is 30.8 Å². The Kier molecular flexibility index (Phi) is 8.37. The molecule has 0 unspecified atom stereocenters. The fraction of sp³-hybridized carbons (Fsp3) is 0.303. The minimum atomic E-state index is -0.00296. The lowest BCUT2D eigenvalue weighted by Crippen LogP contribution is -2.38. The second kappa shape index (κ2) is 12.2. The van der Waals surface area contributed by atoms with Crippen molar-refractivity contribution in [2.24, 2.45) is 5.92 Å². The van der Waals surface area contributed by atoms with E-state index in [9.17, 15) is 4.79 Å². The summed E-state index contributed by atoms with van der Waals surface area (Å²) in [6.07, 6.45) is 0. The van der Waals surface area contributed by atoms with Crippen molar-refractivity contribution in [2.45, 2.75) is 13.8 Å². The zero-order valence-corrected chi connectivity index (χ0v) is 22.2. The number of nitrogens with zero attached hydrogens (tertiary/aromatic N) is 1. The average Bonchev–Trinajstić information content (AvgIpc) is 2.96. The molecule has 1 aliphatic rings. The van der Waals surface area contributed by atoms with Gasteiger partial charge in [0.25, 0.3) is 0 Å². The second-order valence-electron chi connectivity index (χ2n) is 10.1. The highest BCUT2D eigenvalue weighted by molar-refractivity contribution is 6.20. The lowest BCUT2D eigenvalue weighted by Gasteiger charge is -2.26. The van der Waals surface area contributed by atoms with Crippen LogP contribution in [0.1, 0.15) is 29.8 Å². The molecule has 0 N–H and O–H groups in total. The van der Waals surface area contributed by atoms with Gasteiger partial charge in [-0.05, 0) is 64.2 Å². The lowest BCUT2D eigenvalue weighted by molar-refractivity contribution is 0.0322. The van der Waals surface area contributed by atoms with Crippen molar-refractivity contribution in [1.82, 2.24) is 4.90 Å². The zero-order chi connectivity index (χ0) is 26.3. The smallest absolute Gasteiger partial charge is 0.194 e. The van der Waals surface area contributed by atoms with E-state index in [4.69, 9.17) is 14.2 Å². The summed E-state index contributed by atoms with van der Waals surface area (Å²) in [5, 5.41) is 1.99. The molecule has 5 nitrogen and oxygen atoms in total. The van der Waals surface area contributed by atoms with Crippen LogP contribution in [0.2, 0.25) is 0 Å². The van der Waals surface area contributed by atoms with Gasteiger partial charge in [0.15, 0.2) is 5.78 Å². The van der Waals surface area contributed by atoms with Crippen LogP contribution in [0.4, 0.5) is 0 Å². The number of carbonyl (C=O) groups excluding carboxylic acids is 1. The Morgan fingerprint density at radius 3 is 2.26 bits per heavy atom. The molecule has 1 heterocycles. The molecule has 0 bridgehead atoms. The molecule has 0 aromatic heterocycles. The predicted molar refractivity (Wildman–Crippen MR) is 152 cm³/mol. The summed E-state index contributed by atoms with van der Waals surface area (Å²) in [7, 11) is 0. The molecule has 5 rings (SSSR count). The Morgan fingerprint density at radius 1 is 0.842 bits per heavy atom. The Labute approximate surface area is 224 Å². The van der Waals surface area contributed by atoms with Crippen LogP contribution in [0.15, 0.2) is 84.9 Å². The van der Waals surface area contributed by atoms with Gasteiger partial charge in [0.05, 0.1) is 19.8 Å². The molecule has 38 heavy (non-hydrogen) atoms. The molecule has 0 radical (unpaired) electrons. The summed E-state index contributed by atoms with van der Waals surface area (Å²) >= 11 is 0. The van der Waals surface area contributed by atoms with E-state index in [1.54, 1.807) is 0 Å². The van der Waals surface area contributed by atoms with Gasteiger partial charge in [-0.15, -0.1) is 0 Å². The third kappa shape index (κ3) is 6.24. The quantitative estimate of drug-likeness (QED) is 0.229. The maximum Gasteiger partial charge on any atom is 0.194 e. The molecule has 1 saturated heterocycles. The number of hydrogen-bond donors (Lipinski definition) is 0. The standard InChI is InChI=1S/C33H35NO4/c1-24(2)23-38-29-12-7-26(8-13-29)31-16-11-25-5-3-4-6-30(25)32(31)33(35)27-9-14-28(15-10-27)37-22-19-34-17-20-36-21-18-34/h3-16,24H,17-23H2,1-2H3. The Hall–Kier alpha value is -3.67. The molecule has 0 saturated carbocycles. The number of carbonyl (C=O) groups is 1. The molecule has 196 valence electrons. The normalized spacial score (nSPS) is 14.1. The molecule has 0 spiro atoms. The molecule has 0 atom stereocenters. The van der Waals surface area contributed by atoms with Crippen LogP contribution in [0.25, 0.3) is 21.9 Å². The number of morpholine rings is 1. The van der Waals surface area contributed by atoms with Crippen molar-refractivity contribution in [3.8, 4) is 22.6 Å². The molecule has 4 aromatic carbocycles. The van der Waals surface area contributed by atoms with E-state index >= 15 is 0 Å². The minimum absolute atomic E-state index is 0.00296. The van der Waals surface area contributed by atoms with Crippen LogP contribution < -0.4 is 9.47 Å². The van der Waals surface area contributed by atoms with E-state index in [0.29, 0.717) is 30.3 Å². The van der Waals surface area contributed by atoms with Crippen LogP contribution >= 0.6 is 0 Å². The highest BCUT2D eigenvalue weighted by atomic mass is 16.5. The van der Waals surface area contributed by atoms with E-state index in [1.165, 1.54) is 0 Å². The van der Waals surface area contributed by atoms with Crippen molar-refractivity contribution in [3.05, 3.63) is 96.1 Å². The van der Waals surface area contributed by atoms with Crippen molar-refractivity contribution < 1.29 is 19.0 Å². The first kappa shape index (κ1) is 26.0. The SMILES string of the molecule is CC(C)COc1ccc(-c2ccc3ccccc3c2C(=O)c2ccc(OCCN3CCOCC3)cc2)cc1. The van der Waals surface area contributed by atoms with Gasteiger partial charge in [-0.2, -0.15) is 0 Å².